The van der Waals surface area contributed by atoms with Gasteiger partial charge in [0.15, 0.2) is 5.78 Å². The molecule has 1 saturated heterocycles. The van der Waals surface area contributed by atoms with E-state index in [-0.39, 0.29) is 16.9 Å². The molecule has 1 aliphatic rings. The number of H-pyrrole nitrogens is 1. The molecule has 1 aromatic heterocycles. The lowest BCUT2D eigenvalue weighted by atomic mass is 9.80. The van der Waals surface area contributed by atoms with Gasteiger partial charge < -0.3 is 4.98 Å². The van der Waals surface area contributed by atoms with Crippen LogP contribution in [0.2, 0.25) is 0 Å². The Morgan fingerprint density at radius 1 is 1.55 bits per heavy atom. The summed E-state index contributed by atoms with van der Waals surface area (Å²) in [6, 6.07) is 1.31. The van der Waals surface area contributed by atoms with Gasteiger partial charge in [-0.1, -0.05) is 20.8 Å². The molecule has 6 nitrogen and oxygen atoms in total. The Bertz CT molecular complexity index is 516. The van der Waals surface area contributed by atoms with Gasteiger partial charge in [-0.25, -0.2) is 0 Å². The number of ketones is 1. The Morgan fingerprint density at radius 2 is 2.25 bits per heavy atom. The van der Waals surface area contributed by atoms with Gasteiger partial charge in [0.05, 0.1) is 23.4 Å². The molecule has 0 amide bonds. The minimum Gasteiger partial charge on any atom is -0.353 e. The number of aromatic nitrogens is 1. The lowest BCUT2D eigenvalue weighted by Gasteiger charge is -2.26. The summed E-state index contributed by atoms with van der Waals surface area (Å²) in [5, 5.41) is 10.6. The second-order valence-electron chi connectivity index (χ2n) is 6.54. The molecule has 1 atom stereocenters. The number of likely N-dealkylation sites (tertiary alicyclic amines) is 1. The molecule has 2 heterocycles. The van der Waals surface area contributed by atoms with Crippen molar-refractivity contribution < 1.29 is 9.72 Å². The molecule has 0 aliphatic carbocycles. The van der Waals surface area contributed by atoms with Crippen LogP contribution in [0.1, 0.15) is 37.7 Å². The summed E-state index contributed by atoms with van der Waals surface area (Å²) < 4.78 is 0. The van der Waals surface area contributed by atoms with Crippen molar-refractivity contribution in [1.29, 1.82) is 0 Å². The average molecular weight is 279 g/mol. The third-order valence-electron chi connectivity index (χ3n) is 4.04. The topological polar surface area (TPSA) is 79.2 Å². The zero-order chi connectivity index (χ0) is 14.9. The molecule has 110 valence electrons. The van der Waals surface area contributed by atoms with E-state index in [9.17, 15) is 14.9 Å². The van der Waals surface area contributed by atoms with E-state index in [0.29, 0.717) is 18.2 Å². The lowest BCUT2D eigenvalue weighted by Crippen LogP contribution is -2.30. The summed E-state index contributed by atoms with van der Waals surface area (Å²) in [6.45, 7) is 8.81. The van der Waals surface area contributed by atoms with Gasteiger partial charge in [-0.3, -0.25) is 19.8 Å². The maximum absolute atomic E-state index is 12.1. The summed E-state index contributed by atoms with van der Waals surface area (Å²) in [5.74, 6) is 0.501. The molecule has 6 heteroatoms. The SMILES string of the molecule is CC(C)(C)C1CCN(CC(=O)c2cc([N+](=O)[O-])c[nH]2)C1. The molecule has 0 spiro atoms. The van der Waals surface area contributed by atoms with Crippen LogP contribution in [0, 0.1) is 21.4 Å². The van der Waals surface area contributed by atoms with Crippen LogP contribution in [0.4, 0.5) is 5.69 Å². The smallest absolute Gasteiger partial charge is 0.287 e. The molecular formula is C14H21N3O3. The first-order chi connectivity index (χ1) is 9.27. The van der Waals surface area contributed by atoms with Crippen LogP contribution in [0.15, 0.2) is 12.3 Å². The highest BCUT2D eigenvalue weighted by Crippen LogP contribution is 2.33. The first-order valence-corrected chi connectivity index (χ1v) is 6.85. The summed E-state index contributed by atoms with van der Waals surface area (Å²) in [7, 11) is 0. The number of hydrogen-bond acceptors (Lipinski definition) is 4. The molecule has 0 radical (unpaired) electrons. The number of carbonyl (C=O) groups is 1. The largest absolute Gasteiger partial charge is 0.353 e. The van der Waals surface area contributed by atoms with Gasteiger partial charge in [-0.05, 0) is 24.3 Å². The van der Waals surface area contributed by atoms with Gasteiger partial charge >= 0.3 is 0 Å². The van der Waals surface area contributed by atoms with Crippen molar-refractivity contribution in [3.63, 3.8) is 0 Å². The quantitative estimate of drug-likeness (QED) is 0.521. The summed E-state index contributed by atoms with van der Waals surface area (Å²) in [4.78, 5) is 27.0. The predicted octanol–water partition coefficient (Wildman–Crippen LogP) is 2.47. The van der Waals surface area contributed by atoms with E-state index in [1.165, 1.54) is 12.3 Å². The number of aromatic amines is 1. The van der Waals surface area contributed by atoms with Crippen LogP contribution in [-0.4, -0.2) is 40.2 Å². The fourth-order valence-corrected chi connectivity index (χ4v) is 2.62. The van der Waals surface area contributed by atoms with Crippen LogP contribution in [0.5, 0.6) is 0 Å². The van der Waals surface area contributed by atoms with Crippen molar-refractivity contribution in [2.24, 2.45) is 11.3 Å². The number of nitrogens with one attached hydrogen (secondary N) is 1. The Morgan fingerprint density at radius 3 is 2.75 bits per heavy atom. The average Bonchev–Trinajstić information content (AvgIpc) is 2.95. The van der Waals surface area contributed by atoms with Crippen LogP contribution in [0.25, 0.3) is 0 Å². The van der Waals surface area contributed by atoms with E-state index in [4.69, 9.17) is 0 Å². The third-order valence-corrected chi connectivity index (χ3v) is 4.04. The Kier molecular flexibility index (Phi) is 3.94. The van der Waals surface area contributed by atoms with E-state index >= 15 is 0 Å². The van der Waals surface area contributed by atoms with E-state index in [0.717, 1.165) is 19.5 Å². The number of Topliss-reactive ketones (excluding diaryl/α,β-unsaturated/α-hetero) is 1. The minimum atomic E-state index is -0.501. The van der Waals surface area contributed by atoms with Crippen LogP contribution in [0.3, 0.4) is 0 Å². The van der Waals surface area contributed by atoms with E-state index in [1.807, 2.05) is 0 Å². The third kappa shape index (κ3) is 3.25. The molecule has 20 heavy (non-hydrogen) atoms. The van der Waals surface area contributed by atoms with Crippen LogP contribution < -0.4 is 0 Å². The Hall–Kier alpha value is -1.69. The number of rotatable bonds is 4. The Labute approximate surface area is 118 Å². The molecule has 1 N–H and O–H groups in total. The fraction of sp³-hybridized carbons (Fsp3) is 0.643. The minimum absolute atomic E-state index is 0.0673. The van der Waals surface area contributed by atoms with Crippen molar-refractivity contribution in [3.05, 3.63) is 28.1 Å². The summed E-state index contributed by atoms with van der Waals surface area (Å²) >= 11 is 0. The second-order valence-corrected chi connectivity index (χ2v) is 6.54. The number of hydrogen-bond donors (Lipinski definition) is 1. The maximum Gasteiger partial charge on any atom is 0.287 e. The lowest BCUT2D eigenvalue weighted by molar-refractivity contribution is -0.384. The molecule has 1 aromatic rings. The van der Waals surface area contributed by atoms with E-state index in [1.54, 1.807) is 0 Å². The summed E-state index contributed by atoms with van der Waals surface area (Å²) in [5.41, 5.74) is 0.501. The first kappa shape index (κ1) is 14.7. The predicted molar refractivity (Wildman–Crippen MR) is 75.8 cm³/mol. The molecule has 1 aliphatic heterocycles. The van der Waals surface area contributed by atoms with Crippen molar-refractivity contribution in [2.45, 2.75) is 27.2 Å². The number of nitrogens with zero attached hydrogens (tertiary/aromatic N) is 2. The van der Waals surface area contributed by atoms with Crippen molar-refractivity contribution in [2.75, 3.05) is 19.6 Å². The zero-order valence-corrected chi connectivity index (χ0v) is 12.2. The van der Waals surface area contributed by atoms with E-state index < -0.39 is 4.92 Å². The highest BCUT2D eigenvalue weighted by molar-refractivity contribution is 5.96. The molecular weight excluding hydrogens is 258 g/mol. The van der Waals surface area contributed by atoms with Gasteiger partial charge in [0.1, 0.15) is 0 Å². The van der Waals surface area contributed by atoms with E-state index in [2.05, 4.69) is 30.7 Å². The molecule has 2 rings (SSSR count). The maximum atomic E-state index is 12.1. The van der Waals surface area contributed by atoms with Crippen LogP contribution in [-0.2, 0) is 0 Å². The number of carbonyl (C=O) groups excluding carboxylic acids is 1. The molecule has 1 fully saturated rings. The normalized spacial score (nSPS) is 20.2. The second kappa shape index (κ2) is 5.36. The monoisotopic (exact) mass is 279 g/mol. The highest BCUT2D eigenvalue weighted by Gasteiger charge is 2.32. The standard InChI is InChI=1S/C14H21N3O3/c1-14(2,3)10-4-5-16(8-10)9-13(18)12-6-11(7-15-12)17(19)20/h6-7,10,15H,4-5,8-9H2,1-3H3. The number of nitro groups is 1. The summed E-state index contributed by atoms with van der Waals surface area (Å²) in [6.07, 6.45) is 2.36. The molecule has 0 aromatic carbocycles. The molecule has 0 bridgehead atoms. The van der Waals surface area contributed by atoms with Gasteiger partial charge in [0, 0.05) is 12.6 Å². The van der Waals surface area contributed by atoms with Gasteiger partial charge in [-0.15, -0.1) is 0 Å². The van der Waals surface area contributed by atoms with Crippen molar-refractivity contribution in [3.8, 4) is 0 Å². The van der Waals surface area contributed by atoms with Crippen LogP contribution >= 0.6 is 0 Å². The van der Waals surface area contributed by atoms with Gasteiger partial charge in [0.25, 0.3) is 5.69 Å². The fourth-order valence-electron chi connectivity index (χ4n) is 2.62. The van der Waals surface area contributed by atoms with Crippen molar-refractivity contribution in [1.82, 2.24) is 9.88 Å². The molecule has 1 unspecified atom stereocenters. The zero-order valence-electron chi connectivity index (χ0n) is 12.2. The highest BCUT2D eigenvalue weighted by atomic mass is 16.6. The first-order valence-electron chi connectivity index (χ1n) is 6.85. The van der Waals surface area contributed by atoms with Gasteiger partial charge in [0.2, 0.25) is 0 Å². The Balaban J connectivity index is 1.94. The molecule has 0 saturated carbocycles. The van der Waals surface area contributed by atoms with Gasteiger partial charge in [-0.2, -0.15) is 0 Å². The van der Waals surface area contributed by atoms with Crippen molar-refractivity contribution >= 4 is 11.5 Å².